The maximum Gasteiger partial charge on any atom is 0.150 e. The summed E-state index contributed by atoms with van der Waals surface area (Å²) < 4.78 is 5.31. The Labute approximate surface area is 108 Å². The normalized spacial score (nSPS) is 16.7. The maximum atomic E-state index is 10.7. The third-order valence-corrected chi connectivity index (χ3v) is 3.12. The lowest BCUT2D eigenvalue weighted by molar-refractivity contribution is 0.0384. The predicted octanol–water partition coefficient (Wildman–Crippen LogP) is 0.921. The van der Waals surface area contributed by atoms with E-state index in [2.05, 4.69) is 10.2 Å². The monoisotopic (exact) mass is 248 g/mol. The van der Waals surface area contributed by atoms with Crippen LogP contribution in [0.2, 0.25) is 0 Å². The van der Waals surface area contributed by atoms with Crippen LogP contribution in [0, 0.1) is 0 Å². The molecule has 1 aliphatic rings. The first-order valence-electron chi connectivity index (χ1n) is 6.43. The minimum Gasteiger partial charge on any atom is -0.379 e. The molecule has 1 aliphatic heterocycles. The van der Waals surface area contributed by atoms with Gasteiger partial charge < -0.3 is 10.1 Å². The van der Waals surface area contributed by atoms with Crippen LogP contribution in [-0.4, -0.2) is 50.6 Å². The molecule has 0 spiro atoms. The summed E-state index contributed by atoms with van der Waals surface area (Å²) >= 11 is 0. The Kier molecular flexibility index (Phi) is 5.33. The van der Waals surface area contributed by atoms with Gasteiger partial charge in [-0.25, -0.2) is 0 Å². The van der Waals surface area contributed by atoms with Gasteiger partial charge in [-0.05, 0) is 11.6 Å². The minimum absolute atomic E-state index is 0.738. The molecule has 98 valence electrons. The maximum absolute atomic E-state index is 10.7. The van der Waals surface area contributed by atoms with Crippen molar-refractivity contribution in [1.82, 2.24) is 10.2 Å². The Morgan fingerprint density at radius 3 is 2.94 bits per heavy atom. The first-order chi connectivity index (χ1) is 8.88. The Hall–Kier alpha value is -1.23. The van der Waals surface area contributed by atoms with Crippen molar-refractivity contribution in [1.29, 1.82) is 0 Å². The molecule has 1 heterocycles. The number of benzene rings is 1. The van der Waals surface area contributed by atoms with Gasteiger partial charge in [0.15, 0.2) is 0 Å². The number of carbonyl (C=O) groups is 1. The average molecular weight is 248 g/mol. The van der Waals surface area contributed by atoms with Crippen LogP contribution in [-0.2, 0) is 11.3 Å². The molecule has 1 N–H and O–H groups in total. The Morgan fingerprint density at radius 2 is 2.17 bits per heavy atom. The molecule has 1 aromatic rings. The lowest BCUT2D eigenvalue weighted by Gasteiger charge is -2.26. The first kappa shape index (κ1) is 13.2. The number of hydrogen-bond acceptors (Lipinski definition) is 4. The molecule has 0 unspecified atom stereocenters. The summed E-state index contributed by atoms with van der Waals surface area (Å²) in [5.41, 5.74) is 1.89. The second-order valence-corrected chi connectivity index (χ2v) is 4.49. The third-order valence-electron chi connectivity index (χ3n) is 3.12. The SMILES string of the molecule is O=Cc1cccc(CNCCN2CCOCC2)c1. The summed E-state index contributed by atoms with van der Waals surface area (Å²) in [6.45, 7) is 6.58. The van der Waals surface area contributed by atoms with Crippen molar-refractivity contribution in [3.63, 3.8) is 0 Å². The predicted molar refractivity (Wildman–Crippen MR) is 70.8 cm³/mol. The highest BCUT2D eigenvalue weighted by Crippen LogP contribution is 2.02. The van der Waals surface area contributed by atoms with Crippen LogP contribution in [0.25, 0.3) is 0 Å². The number of aldehydes is 1. The number of rotatable bonds is 6. The lowest BCUT2D eigenvalue weighted by Crippen LogP contribution is -2.40. The molecule has 0 atom stereocenters. The Bertz CT molecular complexity index is 376. The zero-order valence-corrected chi connectivity index (χ0v) is 10.6. The van der Waals surface area contributed by atoms with Crippen LogP contribution in [0.3, 0.4) is 0 Å². The van der Waals surface area contributed by atoms with Crippen LogP contribution in [0.4, 0.5) is 0 Å². The van der Waals surface area contributed by atoms with Crippen LogP contribution in [0.5, 0.6) is 0 Å². The second kappa shape index (κ2) is 7.26. The smallest absolute Gasteiger partial charge is 0.150 e. The number of nitrogens with zero attached hydrogens (tertiary/aromatic N) is 1. The Balaban J connectivity index is 1.66. The molecule has 0 amide bonds. The van der Waals surface area contributed by atoms with Crippen molar-refractivity contribution >= 4 is 6.29 Å². The molecule has 4 heteroatoms. The summed E-state index contributed by atoms with van der Waals surface area (Å²) in [5, 5.41) is 3.40. The molecule has 1 fully saturated rings. The van der Waals surface area contributed by atoms with Gasteiger partial charge in [0.05, 0.1) is 13.2 Å². The van der Waals surface area contributed by atoms with E-state index in [1.54, 1.807) is 0 Å². The first-order valence-corrected chi connectivity index (χ1v) is 6.43. The quantitative estimate of drug-likeness (QED) is 0.600. The third kappa shape index (κ3) is 4.22. The minimum atomic E-state index is 0.738. The topological polar surface area (TPSA) is 41.6 Å². The van der Waals surface area contributed by atoms with Gasteiger partial charge in [0, 0.05) is 38.3 Å². The molecule has 1 saturated heterocycles. The van der Waals surface area contributed by atoms with E-state index in [4.69, 9.17) is 4.74 Å². The van der Waals surface area contributed by atoms with E-state index in [-0.39, 0.29) is 0 Å². The van der Waals surface area contributed by atoms with E-state index >= 15 is 0 Å². The van der Waals surface area contributed by atoms with Gasteiger partial charge in [0.2, 0.25) is 0 Å². The summed E-state index contributed by atoms with van der Waals surface area (Å²) in [5.74, 6) is 0. The molecule has 18 heavy (non-hydrogen) atoms. The molecule has 0 aliphatic carbocycles. The standard InChI is InChI=1S/C14H20N2O2/c17-12-14-3-1-2-13(10-14)11-15-4-5-16-6-8-18-9-7-16/h1-3,10,12,15H,4-9,11H2. The summed E-state index contributed by atoms with van der Waals surface area (Å²) in [4.78, 5) is 13.1. The highest BCUT2D eigenvalue weighted by atomic mass is 16.5. The van der Waals surface area contributed by atoms with E-state index in [9.17, 15) is 4.79 Å². The molecule has 0 radical (unpaired) electrons. The molecule has 1 aromatic carbocycles. The average Bonchev–Trinajstić information content (AvgIpc) is 2.45. The summed E-state index contributed by atoms with van der Waals surface area (Å²) in [6.07, 6.45) is 0.886. The van der Waals surface area contributed by atoms with Crippen LogP contribution >= 0.6 is 0 Å². The van der Waals surface area contributed by atoms with E-state index < -0.39 is 0 Å². The molecular weight excluding hydrogens is 228 g/mol. The summed E-state index contributed by atoms with van der Waals surface area (Å²) in [6, 6.07) is 7.70. The van der Waals surface area contributed by atoms with Gasteiger partial charge in [-0.2, -0.15) is 0 Å². The van der Waals surface area contributed by atoms with Crippen molar-refractivity contribution in [3.05, 3.63) is 35.4 Å². The fourth-order valence-corrected chi connectivity index (χ4v) is 2.07. The largest absolute Gasteiger partial charge is 0.379 e. The van der Waals surface area contributed by atoms with E-state index in [0.717, 1.165) is 63.4 Å². The molecule has 0 aromatic heterocycles. The van der Waals surface area contributed by atoms with Crippen molar-refractivity contribution in [2.45, 2.75) is 6.54 Å². The van der Waals surface area contributed by atoms with E-state index in [1.165, 1.54) is 0 Å². The van der Waals surface area contributed by atoms with Gasteiger partial charge in [-0.15, -0.1) is 0 Å². The number of nitrogens with one attached hydrogen (secondary N) is 1. The van der Waals surface area contributed by atoms with E-state index in [1.807, 2.05) is 24.3 Å². The lowest BCUT2D eigenvalue weighted by atomic mass is 10.1. The highest BCUT2D eigenvalue weighted by molar-refractivity contribution is 5.74. The number of ether oxygens (including phenoxy) is 1. The van der Waals surface area contributed by atoms with Gasteiger partial charge in [-0.1, -0.05) is 18.2 Å². The van der Waals surface area contributed by atoms with Crippen molar-refractivity contribution in [2.24, 2.45) is 0 Å². The van der Waals surface area contributed by atoms with Crippen LogP contribution < -0.4 is 5.32 Å². The zero-order chi connectivity index (χ0) is 12.6. The fourth-order valence-electron chi connectivity index (χ4n) is 2.07. The molecular formula is C14H20N2O2. The van der Waals surface area contributed by atoms with Crippen molar-refractivity contribution < 1.29 is 9.53 Å². The van der Waals surface area contributed by atoms with Gasteiger partial charge in [0.1, 0.15) is 6.29 Å². The Morgan fingerprint density at radius 1 is 1.33 bits per heavy atom. The zero-order valence-electron chi connectivity index (χ0n) is 10.6. The number of carbonyl (C=O) groups excluding carboxylic acids is 1. The molecule has 4 nitrogen and oxygen atoms in total. The van der Waals surface area contributed by atoms with Gasteiger partial charge in [0.25, 0.3) is 0 Å². The number of hydrogen-bond donors (Lipinski definition) is 1. The van der Waals surface area contributed by atoms with Gasteiger partial charge in [-0.3, -0.25) is 9.69 Å². The van der Waals surface area contributed by atoms with Gasteiger partial charge >= 0.3 is 0 Å². The highest BCUT2D eigenvalue weighted by Gasteiger charge is 2.08. The van der Waals surface area contributed by atoms with Crippen molar-refractivity contribution in [3.8, 4) is 0 Å². The summed E-state index contributed by atoms with van der Waals surface area (Å²) in [7, 11) is 0. The molecule has 2 rings (SSSR count). The fraction of sp³-hybridized carbons (Fsp3) is 0.500. The van der Waals surface area contributed by atoms with Crippen molar-refractivity contribution in [2.75, 3.05) is 39.4 Å². The van der Waals surface area contributed by atoms with Crippen LogP contribution in [0.15, 0.2) is 24.3 Å². The molecule has 0 saturated carbocycles. The second-order valence-electron chi connectivity index (χ2n) is 4.49. The van der Waals surface area contributed by atoms with Crippen LogP contribution in [0.1, 0.15) is 15.9 Å². The molecule has 0 bridgehead atoms. The number of morpholine rings is 1. The van der Waals surface area contributed by atoms with E-state index in [0.29, 0.717) is 0 Å².